The van der Waals surface area contributed by atoms with Crippen molar-refractivity contribution in [2.45, 2.75) is 38.1 Å². The Kier molecular flexibility index (Phi) is 7.79. The lowest BCUT2D eigenvalue weighted by atomic mass is 9.91. The van der Waals surface area contributed by atoms with Crippen LogP contribution in [-0.4, -0.2) is 92.3 Å². The molecule has 0 atom stereocenters. The van der Waals surface area contributed by atoms with E-state index < -0.39 is 0 Å². The van der Waals surface area contributed by atoms with Crippen LogP contribution in [0.15, 0.2) is 24.4 Å². The average Bonchev–Trinajstić information content (AvgIpc) is 3.12. The maximum absolute atomic E-state index is 13.0. The van der Waals surface area contributed by atoms with Crippen molar-refractivity contribution >= 4 is 17.9 Å². The average molecular weight is 508 g/mol. The molecule has 1 aliphatic carbocycles. The van der Waals surface area contributed by atoms with Gasteiger partial charge in [-0.25, -0.2) is 9.97 Å². The molecular weight excluding hydrogens is 470 g/mol. The van der Waals surface area contributed by atoms with Crippen LogP contribution >= 0.6 is 0 Å². The lowest BCUT2D eigenvalue weighted by Gasteiger charge is -2.43. The molecule has 0 unspecified atom stereocenters. The SMILES string of the molecule is COc1cc(C=CC(=O)N2CCc3cnc(N4CCN(C5CCC5)CC4)nc3CC2)cc(OC)c1OC. The van der Waals surface area contributed by atoms with Crippen molar-refractivity contribution < 1.29 is 19.0 Å². The molecule has 1 saturated heterocycles. The Hall–Kier alpha value is -3.33. The number of anilines is 1. The van der Waals surface area contributed by atoms with E-state index in [-0.39, 0.29) is 5.91 Å². The van der Waals surface area contributed by atoms with Gasteiger partial charge in [-0.2, -0.15) is 0 Å². The van der Waals surface area contributed by atoms with E-state index in [4.69, 9.17) is 24.2 Å². The second kappa shape index (κ2) is 11.4. The molecule has 0 radical (unpaired) electrons. The zero-order valence-electron chi connectivity index (χ0n) is 22.1. The molecule has 1 aromatic carbocycles. The first-order chi connectivity index (χ1) is 18.1. The van der Waals surface area contributed by atoms with E-state index in [0.29, 0.717) is 30.3 Å². The van der Waals surface area contributed by atoms with Crippen LogP contribution in [0.2, 0.25) is 0 Å². The Morgan fingerprint density at radius 1 is 0.946 bits per heavy atom. The molecule has 1 aromatic heterocycles. The Labute approximate surface area is 219 Å². The van der Waals surface area contributed by atoms with Gasteiger partial charge in [0.25, 0.3) is 0 Å². The predicted molar refractivity (Wildman–Crippen MR) is 143 cm³/mol. The summed E-state index contributed by atoms with van der Waals surface area (Å²) in [5.74, 6) is 2.44. The maximum atomic E-state index is 13.0. The Balaban J connectivity index is 1.21. The number of carbonyl (C=O) groups excluding carboxylic acids is 1. The number of aromatic nitrogens is 2. The molecule has 5 rings (SSSR count). The Bertz CT molecular complexity index is 1120. The second-order valence-corrected chi connectivity index (χ2v) is 9.87. The van der Waals surface area contributed by atoms with Gasteiger partial charge in [0.05, 0.1) is 27.0 Å². The Morgan fingerprint density at radius 2 is 1.65 bits per heavy atom. The van der Waals surface area contributed by atoms with Gasteiger partial charge in [0, 0.05) is 64.0 Å². The number of fused-ring (bicyclic) bond motifs is 1. The third-order valence-corrected chi connectivity index (χ3v) is 7.82. The van der Waals surface area contributed by atoms with Gasteiger partial charge >= 0.3 is 0 Å². The standard InChI is InChI=1S/C28H37N5O4/c1-35-24-17-20(18-25(36-2)27(24)37-3)7-8-26(34)32-11-9-21-19-29-28(30-23(21)10-12-32)33-15-13-31(14-16-33)22-5-4-6-22/h7-8,17-19,22H,4-6,9-16H2,1-3H3. The molecule has 0 spiro atoms. The number of carbonyl (C=O) groups is 1. The molecule has 2 fully saturated rings. The van der Waals surface area contributed by atoms with Crippen molar-refractivity contribution in [1.82, 2.24) is 19.8 Å². The van der Waals surface area contributed by atoms with Crippen molar-refractivity contribution in [2.24, 2.45) is 0 Å². The van der Waals surface area contributed by atoms with E-state index in [9.17, 15) is 4.79 Å². The molecule has 3 aliphatic rings. The fraction of sp³-hybridized carbons (Fsp3) is 0.536. The zero-order valence-corrected chi connectivity index (χ0v) is 22.1. The molecular formula is C28H37N5O4. The summed E-state index contributed by atoms with van der Waals surface area (Å²) in [4.78, 5) is 29.5. The molecule has 9 nitrogen and oxygen atoms in total. The number of piperazine rings is 1. The molecule has 198 valence electrons. The monoisotopic (exact) mass is 507 g/mol. The quantitative estimate of drug-likeness (QED) is 0.530. The molecule has 2 aliphatic heterocycles. The van der Waals surface area contributed by atoms with E-state index in [1.165, 1.54) is 19.3 Å². The third kappa shape index (κ3) is 5.51. The molecule has 2 aromatic rings. The van der Waals surface area contributed by atoms with Gasteiger partial charge in [0.2, 0.25) is 17.6 Å². The van der Waals surface area contributed by atoms with Gasteiger partial charge in [-0.1, -0.05) is 6.42 Å². The first kappa shape index (κ1) is 25.3. The van der Waals surface area contributed by atoms with Gasteiger partial charge in [-0.05, 0) is 48.6 Å². The lowest BCUT2D eigenvalue weighted by Crippen LogP contribution is -2.52. The maximum Gasteiger partial charge on any atom is 0.246 e. The summed E-state index contributed by atoms with van der Waals surface area (Å²) in [5, 5.41) is 0. The normalized spacial score (nSPS) is 18.8. The molecule has 0 N–H and O–H groups in total. The van der Waals surface area contributed by atoms with Crippen LogP contribution in [-0.2, 0) is 17.6 Å². The topological polar surface area (TPSA) is 80.3 Å². The highest BCUT2D eigenvalue weighted by Crippen LogP contribution is 2.38. The fourth-order valence-electron chi connectivity index (χ4n) is 5.35. The van der Waals surface area contributed by atoms with Gasteiger partial charge < -0.3 is 24.0 Å². The summed E-state index contributed by atoms with van der Waals surface area (Å²) in [6.45, 7) is 5.42. The third-order valence-electron chi connectivity index (χ3n) is 7.82. The van der Waals surface area contributed by atoms with Gasteiger partial charge in [-0.3, -0.25) is 9.69 Å². The van der Waals surface area contributed by atoms with Crippen LogP contribution in [0.1, 0.15) is 36.1 Å². The minimum atomic E-state index is -0.0261. The van der Waals surface area contributed by atoms with Crippen molar-refractivity contribution in [2.75, 3.05) is 65.5 Å². The van der Waals surface area contributed by atoms with E-state index in [0.717, 1.165) is 67.8 Å². The smallest absolute Gasteiger partial charge is 0.246 e. The lowest BCUT2D eigenvalue weighted by molar-refractivity contribution is -0.125. The summed E-state index contributed by atoms with van der Waals surface area (Å²) in [5.41, 5.74) is 3.00. The summed E-state index contributed by atoms with van der Waals surface area (Å²) in [6, 6.07) is 4.44. The first-order valence-electron chi connectivity index (χ1n) is 13.2. The minimum absolute atomic E-state index is 0.0261. The molecule has 3 heterocycles. The molecule has 37 heavy (non-hydrogen) atoms. The van der Waals surface area contributed by atoms with Crippen LogP contribution in [0.5, 0.6) is 17.2 Å². The van der Waals surface area contributed by atoms with Crippen LogP contribution in [0.25, 0.3) is 6.08 Å². The minimum Gasteiger partial charge on any atom is -0.493 e. The number of amides is 1. The highest BCUT2D eigenvalue weighted by Gasteiger charge is 2.29. The van der Waals surface area contributed by atoms with Gasteiger partial charge in [0.1, 0.15) is 0 Å². The predicted octanol–water partition coefficient (Wildman–Crippen LogP) is 2.82. The van der Waals surface area contributed by atoms with Gasteiger partial charge in [-0.15, -0.1) is 0 Å². The van der Waals surface area contributed by atoms with Crippen molar-refractivity contribution in [3.05, 3.63) is 41.2 Å². The van der Waals surface area contributed by atoms with Crippen LogP contribution in [0.3, 0.4) is 0 Å². The van der Waals surface area contributed by atoms with E-state index in [2.05, 4.69) is 9.80 Å². The number of rotatable bonds is 7. The van der Waals surface area contributed by atoms with Crippen LogP contribution in [0, 0.1) is 0 Å². The van der Waals surface area contributed by atoms with E-state index in [1.54, 1.807) is 33.5 Å². The number of nitrogens with zero attached hydrogens (tertiary/aromatic N) is 5. The summed E-state index contributed by atoms with van der Waals surface area (Å²) in [7, 11) is 4.73. The zero-order chi connectivity index (χ0) is 25.8. The Morgan fingerprint density at radius 3 is 2.27 bits per heavy atom. The highest BCUT2D eigenvalue weighted by molar-refractivity contribution is 5.92. The highest BCUT2D eigenvalue weighted by atomic mass is 16.5. The second-order valence-electron chi connectivity index (χ2n) is 9.87. The van der Waals surface area contributed by atoms with E-state index >= 15 is 0 Å². The number of hydrogen-bond acceptors (Lipinski definition) is 8. The first-order valence-corrected chi connectivity index (χ1v) is 13.2. The summed E-state index contributed by atoms with van der Waals surface area (Å²) >= 11 is 0. The van der Waals surface area contributed by atoms with Crippen molar-refractivity contribution in [3.8, 4) is 17.2 Å². The fourth-order valence-corrected chi connectivity index (χ4v) is 5.35. The number of methoxy groups -OCH3 is 3. The van der Waals surface area contributed by atoms with Crippen molar-refractivity contribution in [3.63, 3.8) is 0 Å². The summed E-state index contributed by atoms with van der Waals surface area (Å²) < 4.78 is 16.2. The molecule has 9 heteroatoms. The van der Waals surface area contributed by atoms with Crippen LogP contribution in [0.4, 0.5) is 5.95 Å². The van der Waals surface area contributed by atoms with Crippen LogP contribution < -0.4 is 19.1 Å². The number of hydrogen-bond donors (Lipinski definition) is 0. The van der Waals surface area contributed by atoms with Crippen molar-refractivity contribution in [1.29, 1.82) is 0 Å². The number of benzene rings is 1. The summed E-state index contributed by atoms with van der Waals surface area (Å²) in [6.07, 6.45) is 10.9. The number of ether oxygens (including phenoxy) is 3. The van der Waals surface area contributed by atoms with Gasteiger partial charge in [0.15, 0.2) is 11.5 Å². The largest absolute Gasteiger partial charge is 0.493 e. The van der Waals surface area contributed by atoms with E-state index in [1.807, 2.05) is 23.2 Å². The molecule has 0 bridgehead atoms. The molecule has 1 amide bonds. The molecule has 1 saturated carbocycles.